The van der Waals surface area contributed by atoms with Crippen molar-refractivity contribution in [3.63, 3.8) is 0 Å². The van der Waals surface area contributed by atoms with Crippen molar-refractivity contribution in [3.05, 3.63) is 53.2 Å². The zero-order valence-corrected chi connectivity index (χ0v) is 15.4. The molecule has 26 heavy (non-hydrogen) atoms. The summed E-state index contributed by atoms with van der Waals surface area (Å²) < 4.78 is 22.3. The summed E-state index contributed by atoms with van der Waals surface area (Å²) in [4.78, 5) is 13.9. The first-order valence-electron chi connectivity index (χ1n) is 8.81. The Morgan fingerprint density at radius 1 is 1.23 bits per heavy atom. The number of aryl methyl sites for hydroxylation is 2. The van der Waals surface area contributed by atoms with Crippen LogP contribution in [0.3, 0.4) is 0 Å². The third-order valence-electron chi connectivity index (χ3n) is 4.88. The van der Waals surface area contributed by atoms with Gasteiger partial charge in [0, 0.05) is 12.6 Å². The van der Waals surface area contributed by atoms with Crippen LogP contribution in [0.5, 0.6) is 5.75 Å². The molecule has 1 aromatic carbocycles. The van der Waals surface area contributed by atoms with E-state index in [1.165, 1.54) is 6.07 Å². The number of rotatable bonds is 2. The van der Waals surface area contributed by atoms with Crippen molar-refractivity contribution in [1.29, 1.82) is 0 Å². The van der Waals surface area contributed by atoms with E-state index < -0.39 is 5.72 Å². The molecule has 1 aliphatic rings. The van der Waals surface area contributed by atoms with E-state index in [9.17, 15) is 4.39 Å². The topological polar surface area (TPSA) is 52.3 Å². The van der Waals surface area contributed by atoms with Crippen LogP contribution in [0, 0.1) is 19.7 Å². The van der Waals surface area contributed by atoms with Crippen LogP contribution < -0.4 is 4.74 Å². The summed E-state index contributed by atoms with van der Waals surface area (Å²) in [5.74, 6) is 0.459. The molecule has 0 radical (unpaired) electrons. The largest absolute Gasteiger partial charge is 0.463 e. The van der Waals surface area contributed by atoms with Crippen molar-refractivity contribution in [2.24, 2.45) is 4.99 Å². The highest BCUT2D eigenvalue weighted by Gasteiger charge is 2.34. The number of benzene rings is 1. The van der Waals surface area contributed by atoms with Crippen molar-refractivity contribution in [2.45, 2.75) is 46.3 Å². The molecule has 0 aliphatic carbocycles. The minimum atomic E-state index is -0.824. The number of halogens is 1. The maximum absolute atomic E-state index is 14.5. The fraction of sp³-hybridized carbons (Fsp3) is 0.350. The SMILES string of the molecule is CCCC1(C)N=C(n2cnc3c(C)c(C)cnc32)c2cccc(F)c2O1. The Hall–Kier alpha value is -2.76. The Morgan fingerprint density at radius 2 is 2.04 bits per heavy atom. The molecule has 0 saturated carbocycles. The fourth-order valence-corrected chi connectivity index (χ4v) is 3.40. The van der Waals surface area contributed by atoms with Crippen LogP contribution >= 0.6 is 0 Å². The molecule has 1 unspecified atom stereocenters. The van der Waals surface area contributed by atoms with E-state index in [-0.39, 0.29) is 11.6 Å². The third-order valence-corrected chi connectivity index (χ3v) is 4.88. The second kappa shape index (κ2) is 5.90. The highest BCUT2D eigenvalue weighted by molar-refractivity contribution is 6.07. The lowest BCUT2D eigenvalue weighted by Crippen LogP contribution is -2.37. The standard InChI is InChI=1S/C20H21FN4O/c1-5-9-20(4)24-18(14-7-6-8-15(21)17(14)26-20)25-11-23-16-13(3)12(2)10-22-19(16)25/h6-8,10-11H,5,9H2,1-4H3. The predicted octanol–water partition coefficient (Wildman–Crippen LogP) is 4.39. The third kappa shape index (κ3) is 2.48. The van der Waals surface area contributed by atoms with Gasteiger partial charge >= 0.3 is 0 Å². The number of imidazole rings is 1. The fourth-order valence-electron chi connectivity index (χ4n) is 3.40. The lowest BCUT2D eigenvalue weighted by molar-refractivity contribution is 0.0780. The Kier molecular flexibility index (Phi) is 3.79. The number of pyridine rings is 1. The van der Waals surface area contributed by atoms with E-state index in [4.69, 9.17) is 9.73 Å². The molecule has 0 N–H and O–H groups in total. The summed E-state index contributed by atoms with van der Waals surface area (Å²) in [6.45, 7) is 7.97. The zero-order chi connectivity index (χ0) is 18.5. The average Bonchev–Trinajstić information content (AvgIpc) is 3.03. The molecule has 1 aliphatic heterocycles. The summed E-state index contributed by atoms with van der Waals surface area (Å²) in [6, 6.07) is 4.89. The van der Waals surface area contributed by atoms with Crippen molar-refractivity contribution >= 4 is 17.0 Å². The van der Waals surface area contributed by atoms with Crippen LogP contribution in [0.15, 0.2) is 35.7 Å². The number of hydrogen-bond donors (Lipinski definition) is 0. The Bertz CT molecular complexity index is 1040. The Morgan fingerprint density at radius 3 is 2.81 bits per heavy atom. The first-order valence-corrected chi connectivity index (χ1v) is 8.81. The van der Waals surface area contributed by atoms with Gasteiger partial charge in [0.25, 0.3) is 0 Å². The van der Waals surface area contributed by atoms with E-state index in [0.717, 1.165) is 23.1 Å². The van der Waals surface area contributed by atoms with Gasteiger partial charge in [0.2, 0.25) is 0 Å². The number of nitrogens with zero attached hydrogens (tertiary/aromatic N) is 4. The predicted molar refractivity (Wildman–Crippen MR) is 99.3 cm³/mol. The van der Waals surface area contributed by atoms with Crippen LogP contribution in [0.25, 0.3) is 11.2 Å². The molecular weight excluding hydrogens is 331 g/mol. The number of ether oxygens (including phenoxy) is 1. The van der Waals surface area contributed by atoms with Crippen LogP contribution in [-0.2, 0) is 0 Å². The minimum absolute atomic E-state index is 0.235. The molecule has 5 nitrogen and oxygen atoms in total. The highest BCUT2D eigenvalue weighted by Crippen LogP contribution is 2.36. The summed E-state index contributed by atoms with van der Waals surface area (Å²) in [7, 11) is 0. The van der Waals surface area contributed by atoms with Crippen molar-refractivity contribution in [1.82, 2.24) is 14.5 Å². The normalized spacial score (nSPS) is 19.2. The average molecular weight is 352 g/mol. The van der Waals surface area contributed by atoms with Gasteiger partial charge < -0.3 is 4.74 Å². The lowest BCUT2D eigenvalue weighted by Gasteiger charge is -2.33. The maximum Gasteiger partial charge on any atom is 0.199 e. The molecule has 0 amide bonds. The van der Waals surface area contributed by atoms with E-state index >= 15 is 0 Å². The number of hydrogen-bond acceptors (Lipinski definition) is 4. The van der Waals surface area contributed by atoms with Gasteiger partial charge in [-0.3, -0.25) is 4.57 Å². The Labute approximate surface area is 151 Å². The second-order valence-corrected chi connectivity index (χ2v) is 6.93. The van der Waals surface area contributed by atoms with E-state index in [2.05, 4.69) is 16.9 Å². The Balaban J connectivity index is 1.98. The monoisotopic (exact) mass is 352 g/mol. The lowest BCUT2D eigenvalue weighted by atomic mass is 10.1. The molecule has 3 heterocycles. The molecule has 0 spiro atoms. The number of aliphatic imine (C=N–C) groups is 1. The second-order valence-electron chi connectivity index (χ2n) is 6.93. The van der Waals surface area contributed by atoms with Crippen LogP contribution in [0.4, 0.5) is 4.39 Å². The van der Waals surface area contributed by atoms with E-state index in [1.807, 2.05) is 37.6 Å². The van der Waals surface area contributed by atoms with Gasteiger partial charge in [-0.15, -0.1) is 0 Å². The quantitative estimate of drug-likeness (QED) is 0.687. The summed E-state index contributed by atoms with van der Waals surface area (Å²) in [6.07, 6.45) is 5.09. The summed E-state index contributed by atoms with van der Waals surface area (Å²) >= 11 is 0. The molecule has 2 aromatic heterocycles. The van der Waals surface area contributed by atoms with Crippen LogP contribution in [0.2, 0.25) is 0 Å². The molecule has 0 saturated heterocycles. The van der Waals surface area contributed by atoms with Crippen molar-refractivity contribution in [3.8, 4) is 5.75 Å². The van der Waals surface area contributed by atoms with Gasteiger partial charge in [-0.2, -0.15) is 0 Å². The van der Waals surface area contributed by atoms with Gasteiger partial charge in [-0.05, 0) is 44.0 Å². The van der Waals surface area contributed by atoms with Crippen molar-refractivity contribution < 1.29 is 9.13 Å². The molecular formula is C20H21FN4O. The smallest absolute Gasteiger partial charge is 0.199 e. The molecule has 6 heteroatoms. The molecule has 0 bridgehead atoms. The van der Waals surface area contributed by atoms with Gasteiger partial charge in [0.15, 0.2) is 22.9 Å². The number of fused-ring (bicyclic) bond motifs is 2. The first kappa shape index (κ1) is 16.7. The van der Waals surface area contributed by atoms with Gasteiger partial charge in [-0.1, -0.05) is 19.4 Å². The van der Waals surface area contributed by atoms with Crippen LogP contribution in [0.1, 0.15) is 43.4 Å². The maximum atomic E-state index is 14.5. The number of para-hydroxylation sites is 1. The minimum Gasteiger partial charge on any atom is -0.463 e. The molecule has 4 rings (SSSR count). The molecule has 134 valence electrons. The van der Waals surface area contributed by atoms with E-state index in [1.54, 1.807) is 12.4 Å². The highest BCUT2D eigenvalue weighted by atomic mass is 19.1. The summed E-state index contributed by atoms with van der Waals surface area (Å²) in [5, 5.41) is 0. The summed E-state index contributed by atoms with van der Waals surface area (Å²) in [5.41, 5.74) is 3.49. The number of aromatic nitrogens is 3. The molecule has 1 atom stereocenters. The van der Waals surface area contributed by atoms with Crippen molar-refractivity contribution in [2.75, 3.05) is 0 Å². The molecule has 3 aromatic rings. The van der Waals surface area contributed by atoms with Gasteiger partial charge in [0.1, 0.15) is 17.7 Å². The van der Waals surface area contributed by atoms with Crippen LogP contribution in [-0.4, -0.2) is 26.1 Å². The molecule has 0 fully saturated rings. The van der Waals surface area contributed by atoms with Gasteiger partial charge in [0.05, 0.1) is 5.56 Å². The zero-order valence-electron chi connectivity index (χ0n) is 15.4. The first-order chi connectivity index (χ1) is 12.4. The van der Waals surface area contributed by atoms with E-state index in [0.29, 0.717) is 23.5 Å². The van der Waals surface area contributed by atoms with Gasteiger partial charge in [-0.25, -0.2) is 19.4 Å².